The molecule has 74 valence electrons. The second-order valence-corrected chi connectivity index (χ2v) is 2.30. The highest BCUT2D eigenvalue weighted by molar-refractivity contribution is 5.15. The molecule has 0 amide bonds. The fraction of sp³-hybridized carbons (Fsp3) is 0.385. The molecular formula is C13H17N. The van der Waals surface area contributed by atoms with Gasteiger partial charge in [-0.1, -0.05) is 36.1 Å². The van der Waals surface area contributed by atoms with Crippen molar-refractivity contribution < 1.29 is 20.6 Å². The van der Waals surface area contributed by atoms with Gasteiger partial charge >= 0.3 is 0 Å². The van der Waals surface area contributed by atoms with Gasteiger partial charge in [0, 0.05) is 15.6 Å². The number of benzene rings is 1. The zero-order valence-corrected chi connectivity index (χ0v) is 7.15. The van der Waals surface area contributed by atoms with E-state index in [1.807, 2.05) is 0 Å². The molecule has 0 unspecified atom stereocenters. The van der Waals surface area contributed by atoms with Crippen molar-refractivity contribution in [2.24, 2.45) is 0 Å². The highest BCUT2D eigenvalue weighted by atomic mass is 15.1. The quantitative estimate of drug-likeness (QED) is 0.677. The van der Waals surface area contributed by atoms with Crippen LogP contribution in [-0.2, 0) is 6.42 Å². The Balaban J connectivity index is 3.90. The van der Waals surface area contributed by atoms with Crippen LogP contribution in [0.5, 0.6) is 0 Å². The lowest BCUT2D eigenvalue weighted by Crippen LogP contribution is -2.31. The fourth-order valence-corrected chi connectivity index (χ4v) is 0.734. The number of hydrogen-bond donors (Lipinski definition) is 0. The molecule has 1 aromatic carbocycles. The minimum absolute atomic E-state index is 0.331. The van der Waals surface area contributed by atoms with Gasteiger partial charge in [0.15, 0.2) is 0 Å². The highest BCUT2D eigenvalue weighted by Gasteiger charge is 2.07. The zero-order chi connectivity index (χ0) is 23.2. The van der Waals surface area contributed by atoms with Crippen molar-refractivity contribution in [2.75, 3.05) is 13.5 Å². The molecule has 0 fully saturated rings. The SMILES string of the molecule is [2H]C#CC([2H])([2H])N(C([2H])([2H])[2H])[C@@]([2H])(Cc1c([2H])c([2H])c([2H])c([2H])c1[2H])C([2H])([2H])[2H]. The molecule has 0 aliphatic rings. The molecule has 0 saturated heterocycles. The minimum Gasteiger partial charge on any atom is -0.292 e. The number of hydrogen-bond acceptors (Lipinski definition) is 1. The molecule has 1 heteroatoms. The lowest BCUT2D eigenvalue weighted by atomic mass is 10.1. The summed E-state index contributed by atoms with van der Waals surface area (Å²) in [4.78, 5) is -0.331. The predicted molar refractivity (Wildman–Crippen MR) is 61.1 cm³/mol. The van der Waals surface area contributed by atoms with Crippen molar-refractivity contribution in [3.63, 3.8) is 0 Å². The van der Waals surface area contributed by atoms with Crippen LogP contribution in [0.2, 0.25) is 0 Å². The molecule has 0 aliphatic carbocycles. The summed E-state index contributed by atoms with van der Waals surface area (Å²) in [7, 11) is 0. The Morgan fingerprint density at radius 1 is 1.79 bits per heavy atom. The summed E-state index contributed by atoms with van der Waals surface area (Å²) >= 11 is 0. The van der Waals surface area contributed by atoms with E-state index in [4.69, 9.17) is 20.6 Å². The molecule has 14 heavy (non-hydrogen) atoms. The van der Waals surface area contributed by atoms with E-state index in [9.17, 15) is 0 Å². The van der Waals surface area contributed by atoms with E-state index in [-0.39, 0.29) is 4.90 Å². The van der Waals surface area contributed by atoms with Crippen molar-refractivity contribution in [1.82, 2.24) is 4.90 Å². The van der Waals surface area contributed by atoms with Crippen LogP contribution < -0.4 is 0 Å². The van der Waals surface area contributed by atoms with Gasteiger partial charge in [-0.05, 0) is 25.8 Å². The molecule has 1 atom stereocenters. The smallest absolute Gasteiger partial charge is 0.124 e. The Morgan fingerprint density at radius 3 is 3.29 bits per heavy atom. The standard InChI is InChI=1S/C13H17N/c1-4-10-14(3)12(2)11-13-8-6-5-7-9-13/h1,5-9,12H,10-11H2,2-3H3/t12-/m1/s1/i1D,2D3,3D3,5D,6D,7D,8D,9D,10D2,12D. The lowest BCUT2D eigenvalue weighted by Gasteiger charge is -2.22. The van der Waals surface area contributed by atoms with Crippen LogP contribution in [0, 0.1) is 12.3 Å². The van der Waals surface area contributed by atoms with Gasteiger partial charge in [-0.2, -0.15) is 0 Å². The number of likely N-dealkylation sites (N-methyl/N-ethyl adjacent to an activating group) is 1. The number of terminal acetylenes is 1. The predicted octanol–water partition coefficient (Wildman–Crippen LogP) is 2.18. The van der Waals surface area contributed by atoms with Crippen molar-refractivity contribution in [2.45, 2.75) is 19.3 Å². The first kappa shape index (κ1) is 2.28. The van der Waals surface area contributed by atoms with E-state index in [0.717, 1.165) is 0 Å². The van der Waals surface area contributed by atoms with Gasteiger partial charge in [0.1, 0.15) is 1.37 Å². The molecule has 1 rings (SSSR count). The summed E-state index contributed by atoms with van der Waals surface area (Å²) in [6, 6.07) is -7.40. The molecule has 0 N–H and O–H groups in total. The first-order chi connectivity index (χ1) is 12.8. The normalized spacial score (nSPS) is 32.5. The van der Waals surface area contributed by atoms with Crippen LogP contribution in [-0.4, -0.2) is 24.4 Å². The van der Waals surface area contributed by atoms with Crippen LogP contribution in [0.3, 0.4) is 0 Å². The van der Waals surface area contributed by atoms with E-state index in [0.29, 0.717) is 0 Å². The van der Waals surface area contributed by atoms with Gasteiger partial charge in [-0.15, -0.1) is 6.40 Å². The summed E-state index contributed by atoms with van der Waals surface area (Å²) < 4.78 is 115. The average Bonchev–Trinajstić information content (AvgIpc) is 2.52. The van der Waals surface area contributed by atoms with Crippen molar-refractivity contribution in [3.05, 3.63) is 35.8 Å². The van der Waals surface area contributed by atoms with Crippen molar-refractivity contribution >= 4 is 0 Å². The van der Waals surface area contributed by atoms with E-state index < -0.39 is 68.5 Å². The molecule has 0 heterocycles. The fourth-order valence-electron chi connectivity index (χ4n) is 0.734. The van der Waals surface area contributed by atoms with E-state index in [2.05, 4.69) is 0 Å². The Morgan fingerprint density at radius 2 is 2.64 bits per heavy atom. The largest absolute Gasteiger partial charge is 0.292 e. The molecule has 1 aromatic rings. The van der Waals surface area contributed by atoms with Crippen molar-refractivity contribution in [3.8, 4) is 12.3 Å². The average molecular weight is 202 g/mol. The summed E-state index contributed by atoms with van der Waals surface area (Å²) in [6.07, 6.45) is 0.165. The van der Waals surface area contributed by atoms with Gasteiger partial charge in [-0.3, -0.25) is 4.90 Å². The molecule has 0 radical (unpaired) electrons. The van der Waals surface area contributed by atoms with Crippen molar-refractivity contribution in [1.29, 1.82) is 0 Å². The highest BCUT2D eigenvalue weighted by Crippen LogP contribution is 2.06. The maximum Gasteiger partial charge on any atom is 0.124 e. The topological polar surface area (TPSA) is 3.24 Å². The third kappa shape index (κ3) is 3.24. The molecular weight excluding hydrogens is 170 g/mol. The maximum absolute atomic E-state index is 8.44. The number of rotatable bonds is 4. The monoisotopic (exact) mass is 202 g/mol. The van der Waals surface area contributed by atoms with E-state index in [1.165, 1.54) is 6.40 Å². The summed E-state index contributed by atoms with van der Waals surface area (Å²) in [5.41, 5.74) is -0.661. The second-order valence-electron chi connectivity index (χ2n) is 2.30. The maximum atomic E-state index is 8.44. The molecule has 0 aromatic heterocycles. The van der Waals surface area contributed by atoms with Gasteiger partial charge in [-0.25, -0.2) is 0 Å². The Labute approximate surface area is 108 Å². The molecule has 0 spiro atoms. The summed E-state index contributed by atoms with van der Waals surface area (Å²) in [6.45, 7) is -10.3. The van der Waals surface area contributed by atoms with Gasteiger partial charge in [0.05, 0.1) is 16.1 Å². The molecule has 0 saturated carbocycles. The van der Waals surface area contributed by atoms with E-state index in [1.54, 1.807) is 5.92 Å². The lowest BCUT2D eigenvalue weighted by molar-refractivity contribution is 0.287. The first-order valence-corrected chi connectivity index (χ1v) is 3.63. The van der Waals surface area contributed by atoms with E-state index >= 15 is 0 Å². The third-order valence-corrected chi connectivity index (χ3v) is 1.33. The second kappa shape index (κ2) is 5.47. The Bertz CT molecular complexity index is 814. The summed E-state index contributed by atoms with van der Waals surface area (Å²) in [5, 5.41) is 0. The molecule has 0 bridgehead atoms. The third-order valence-electron chi connectivity index (χ3n) is 1.33. The van der Waals surface area contributed by atoms with Crippen LogP contribution in [0.15, 0.2) is 30.2 Å². The minimum atomic E-state index is -3.53. The number of nitrogens with zero attached hydrogens (tertiary/aromatic N) is 1. The summed E-state index contributed by atoms with van der Waals surface area (Å²) in [5.74, 6) is 1.60. The van der Waals surface area contributed by atoms with Gasteiger partial charge < -0.3 is 0 Å². The van der Waals surface area contributed by atoms with Gasteiger partial charge in [0.25, 0.3) is 0 Å². The van der Waals surface area contributed by atoms with Crippen LogP contribution in [0.1, 0.15) is 33.0 Å². The Kier molecular flexibility index (Phi) is 0.891. The van der Waals surface area contributed by atoms with Crippen LogP contribution in [0.4, 0.5) is 0 Å². The van der Waals surface area contributed by atoms with Crippen LogP contribution in [0.25, 0.3) is 0 Å². The first-order valence-electron chi connectivity index (χ1n) is 11.1. The molecule has 0 aliphatic heterocycles. The van der Waals surface area contributed by atoms with Crippen LogP contribution >= 0.6 is 0 Å². The van der Waals surface area contributed by atoms with Gasteiger partial charge in [0.2, 0.25) is 0 Å². The zero-order valence-electron chi connectivity index (χ0n) is 22.2. The Hall–Kier alpha value is -1.26. The molecule has 1 nitrogen and oxygen atoms in total.